The van der Waals surface area contributed by atoms with Crippen LogP contribution >= 0.6 is 15.9 Å². The maximum absolute atomic E-state index is 10.6. The summed E-state index contributed by atoms with van der Waals surface area (Å²) in [6, 6.07) is 5.65. The molecule has 2 rings (SSSR count). The van der Waals surface area contributed by atoms with Gasteiger partial charge in [-0.1, -0.05) is 13.0 Å². The van der Waals surface area contributed by atoms with Crippen LogP contribution in [0.1, 0.15) is 37.3 Å². The number of unbranched alkanes of at least 4 members (excludes halogenated alkanes) is 1. The molecular weight excluding hydrogens is 410 g/mol. The van der Waals surface area contributed by atoms with Crippen molar-refractivity contribution in [3.8, 4) is 17.2 Å². The molecule has 0 fully saturated rings. The fraction of sp³-hybridized carbons (Fsp3) is 0.429. The van der Waals surface area contributed by atoms with Gasteiger partial charge < -0.3 is 19.4 Å². The minimum atomic E-state index is 0.208. The summed E-state index contributed by atoms with van der Waals surface area (Å²) in [5.41, 5.74) is 1.59. The number of hydrogen-bond acceptors (Lipinski definition) is 5. The Hall–Kier alpha value is -2.08. The third-order valence-electron chi connectivity index (χ3n) is 4.28. The van der Waals surface area contributed by atoms with Crippen LogP contribution in [0.25, 0.3) is 0 Å². The molecule has 1 aromatic carbocycles. The average molecular weight is 436 g/mol. The lowest BCUT2D eigenvalue weighted by Crippen LogP contribution is -2.05. The van der Waals surface area contributed by atoms with E-state index in [1.807, 2.05) is 32.0 Å². The van der Waals surface area contributed by atoms with Crippen molar-refractivity contribution in [3.05, 3.63) is 46.2 Å². The molecule has 0 aliphatic rings. The number of carbonyl (C=O) groups excluding carboxylic acids is 1. The van der Waals surface area contributed by atoms with Gasteiger partial charge in [0.1, 0.15) is 23.5 Å². The van der Waals surface area contributed by atoms with E-state index in [9.17, 15) is 9.90 Å². The standard InChI is InChI=1S/C21H26BrNO4/c1-15(7-8-24)11-17-5-6-20(16(2)21(17)25)27-10-4-3-9-26-19-12-18(22)13-23-14-19/h5-6,8,12-15,25H,3-4,7,9-11H2,1-2H3. The normalized spacial score (nSPS) is 11.8. The molecule has 0 radical (unpaired) electrons. The molecule has 1 atom stereocenters. The summed E-state index contributed by atoms with van der Waals surface area (Å²) in [4.78, 5) is 14.7. The SMILES string of the molecule is Cc1c(OCCCCOc2cncc(Br)c2)ccc(CC(C)CC=O)c1O. The van der Waals surface area contributed by atoms with Crippen molar-refractivity contribution in [1.82, 2.24) is 4.98 Å². The molecule has 0 amide bonds. The first-order valence-corrected chi connectivity index (χ1v) is 9.91. The van der Waals surface area contributed by atoms with Gasteiger partial charge in [-0.2, -0.15) is 0 Å². The minimum Gasteiger partial charge on any atom is -0.507 e. The second-order valence-electron chi connectivity index (χ2n) is 6.65. The van der Waals surface area contributed by atoms with E-state index in [4.69, 9.17) is 9.47 Å². The first-order chi connectivity index (χ1) is 13.0. The molecule has 6 heteroatoms. The number of phenols is 1. The van der Waals surface area contributed by atoms with Crippen LogP contribution in [0.15, 0.2) is 35.1 Å². The Morgan fingerprint density at radius 2 is 1.96 bits per heavy atom. The Morgan fingerprint density at radius 3 is 2.67 bits per heavy atom. The topological polar surface area (TPSA) is 68.7 Å². The molecular formula is C21H26BrNO4. The zero-order valence-electron chi connectivity index (χ0n) is 15.8. The molecule has 0 spiro atoms. The number of aldehydes is 1. The van der Waals surface area contributed by atoms with Crippen molar-refractivity contribution >= 4 is 22.2 Å². The van der Waals surface area contributed by atoms with Crippen LogP contribution in [0.5, 0.6) is 17.2 Å². The minimum absolute atomic E-state index is 0.208. The molecule has 1 unspecified atom stereocenters. The van der Waals surface area contributed by atoms with Gasteiger partial charge in [-0.15, -0.1) is 0 Å². The van der Waals surface area contributed by atoms with Crippen LogP contribution in [-0.2, 0) is 11.2 Å². The quantitative estimate of drug-likeness (QED) is 0.402. The molecule has 1 heterocycles. The highest BCUT2D eigenvalue weighted by atomic mass is 79.9. The fourth-order valence-corrected chi connectivity index (χ4v) is 3.07. The van der Waals surface area contributed by atoms with Gasteiger partial charge in [0, 0.05) is 22.7 Å². The molecule has 5 nitrogen and oxygen atoms in total. The van der Waals surface area contributed by atoms with E-state index >= 15 is 0 Å². The number of aromatic nitrogens is 1. The van der Waals surface area contributed by atoms with Crippen LogP contribution in [0.2, 0.25) is 0 Å². The van der Waals surface area contributed by atoms with Gasteiger partial charge >= 0.3 is 0 Å². The van der Waals surface area contributed by atoms with Crippen molar-refractivity contribution in [2.24, 2.45) is 5.92 Å². The summed E-state index contributed by atoms with van der Waals surface area (Å²) in [5.74, 6) is 1.90. The lowest BCUT2D eigenvalue weighted by atomic mass is 9.96. The van der Waals surface area contributed by atoms with Crippen LogP contribution in [0.4, 0.5) is 0 Å². The maximum Gasteiger partial charge on any atom is 0.138 e. The van der Waals surface area contributed by atoms with Gasteiger partial charge in [0.15, 0.2) is 0 Å². The van der Waals surface area contributed by atoms with Crippen molar-refractivity contribution in [1.29, 1.82) is 0 Å². The van der Waals surface area contributed by atoms with Gasteiger partial charge in [-0.25, -0.2) is 0 Å². The summed E-state index contributed by atoms with van der Waals surface area (Å²) >= 11 is 3.36. The highest BCUT2D eigenvalue weighted by Gasteiger charge is 2.12. The van der Waals surface area contributed by atoms with E-state index in [1.54, 1.807) is 12.4 Å². The second-order valence-corrected chi connectivity index (χ2v) is 7.57. The Bertz CT molecular complexity index is 751. The summed E-state index contributed by atoms with van der Waals surface area (Å²) in [5, 5.41) is 10.4. The maximum atomic E-state index is 10.6. The van der Waals surface area contributed by atoms with Crippen molar-refractivity contribution in [3.63, 3.8) is 0 Å². The van der Waals surface area contributed by atoms with Crippen LogP contribution in [-0.4, -0.2) is 29.6 Å². The summed E-state index contributed by atoms with van der Waals surface area (Å²) in [6.07, 6.45) is 7.20. The molecule has 1 aromatic heterocycles. The van der Waals surface area contributed by atoms with E-state index in [0.717, 1.165) is 40.5 Å². The number of nitrogens with zero attached hydrogens (tertiary/aromatic N) is 1. The number of benzene rings is 1. The summed E-state index contributed by atoms with van der Waals surface area (Å²) in [7, 11) is 0. The van der Waals surface area contributed by atoms with Gasteiger partial charge in [0.25, 0.3) is 0 Å². The molecule has 27 heavy (non-hydrogen) atoms. The number of hydrogen-bond donors (Lipinski definition) is 1. The molecule has 0 saturated heterocycles. The predicted molar refractivity (Wildman–Crippen MR) is 109 cm³/mol. The molecule has 0 aliphatic carbocycles. The molecule has 0 bridgehead atoms. The van der Waals surface area contributed by atoms with Gasteiger partial charge in [0.05, 0.1) is 19.4 Å². The molecule has 2 aromatic rings. The number of phenolic OH excluding ortho intramolecular Hbond substituents is 1. The lowest BCUT2D eigenvalue weighted by molar-refractivity contribution is -0.108. The number of rotatable bonds is 11. The lowest BCUT2D eigenvalue weighted by Gasteiger charge is -2.15. The highest BCUT2D eigenvalue weighted by Crippen LogP contribution is 2.32. The number of aromatic hydroxyl groups is 1. The van der Waals surface area contributed by atoms with E-state index in [-0.39, 0.29) is 11.7 Å². The molecule has 0 saturated carbocycles. The van der Waals surface area contributed by atoms with Crippen LogP contribution < -0.4 is 9.47 Å². The van der Waals surface area contributed by atoms with Gasteiger partial charge in [0.2, 0.25) is 0 Å². The van der Waals surface area contributed by atoms with Gasteiger partial charge in [-0.3, -0.25) is 4.98 Å². The summed E-state index contributed by atoms with van der Waals surface area (Å²) < 4.78 is 12.3. The Kier molecular flexibility index (Phi) is 8.58. The van der Waals surface area contributed by atoms with Crippen LogP contribution in [0, 0.1) is 12.8 Å². The Morgan fingerprint density at radius 1 is 1.22 bits per heavy atom. The molecule has 0 aliphatic heterocycles. The van der Waals surface area contributed by atoms with Crippen molar-refractivity contribution in [2.75, 3.05) is 13.2 Å². The molecule has 146 valence electrons. The van der Waals surface area contributed by atoms with E-state index in [0.29, 0.717) is 31.8 Å². The smallest absolute Gasteiger partial charge is 0.138 e. The third kappa shape index (κ3) is 6.86. The largest absolute Gasteiger partial charge is 0.507 e. The van der Waals surface area contributed by atoms with E-state index in [1.165, 1.54) is 0 Å². The van der Waals surface area contributed by atoms with E-state index in [2.05, 4.69) is 20.9 Å². The van der Waals surface area contributed by atoms with Crippen molar-refractivity contribution in [2.45, 2.75) is 39.5 Å². The van der Waals surface area contributed by atoms with E-state index < -0.39 is 0 Å². The monoisotopic (exact) mass is 435 g/mol. The van der Waals surface area contributed by atoms with Crippen LogP contribution in [0.3, 0.4) is 0 Å². The Balaban J connectivity index is 1.75. The first kappa shape index (κ1) is 21.2. The number of pyridine rings is 1. The second kappa shape index (κ2) is 10.9. The Labute approximate surface area is 168 Å². The third-order valence-corrected chi connectivity index (χ3v) is 4.71. The van der Waals surface area contributed by atoms with Crippen molar-refractivity contribution < 1.29 is 19.4 Å². The molecule has 1 N–H and O–H groups in total. The zero-order valence-corrected chi connectivity index (χ0v) is 17.4. The average Bonchev–Trinajstić information content (AvgIpc) is 2.64. The number of ether oxygens (including phenoxy) is 2. The summed E-state index contributed by atoms with van der Waals surface area (Å²) in [6.45, 7) is 5.00. The fourth-order valence-electron chi connectivity index (χ4n) is 2.73. The number of halogens is 1. The van der Waals surface area contributed by atoms with Gasteiger partial charge in [-0.05, 0) is 65.7 Å². The first-order valence-electron chi connectivity index (χ1n) is 9.12. The number of carbonyl (C=O) groups is 1. The predicted octanol–water partition coefficient (Wildman–Crippen LogP) is 4.86. The zero-order chi connectivity index (χ0) is 19.6. The highest BCUT2D eigenvalue weighted by molar-refractivity contribution is 9.10.